The number of hydrogen-bond donors (Lipinski definition) is 2. The molecule has 2 aromatic heterocycles. The lowest BCUT2D eigenvalue weighted by molar-refractivity contribution is 0.0948. The molecule has 0 saturated carbocycles. The monoisotopic (exact) mass is 280 g/mol. The molecule has 0 radical (unpaired) electrons. The van der Waals surface area contributed by atoms with Gasteiger partial charge in [-0.25, -0.2) is 4.98 Å². The highest BCUT2D eigenvalue weighted by atomic mass is 16.1. The van der Waals surface area contributed by atoms with Gasteiger partial charge in [-0.05, 0) is 24.3 Å². The third kappa shape index (κ3) is 2.86. The van der Waals surface area contributed by atoms with E-state index in [4.69, 9.17) is 5.73 Å². The van der Waals surface area contributed by atoms with Crippen molar-refractivity contribution in [3.05, 3.63) is 60.6 Å². The van der Waals surface area contributed by atoms with Crippen molar-refractivity contribution in [2.45, 2.75) is 6.54 Å². The molecule has 1 amide bonds. The molecule has 3 N–H and O–H groups in total. The van der Waals surface area contributed by atoms with Gasteiger partial charge in [-0.15, -0.1) is 0 Å². The second kappa shape index (κ2) is 5.66. The zero-order valence-electron chi connectivity index (χ0n) is 11.5. The van der Waals surface area contributed by atoms with Crippen molar-refractivity contribution in [3.8, 4) is 0 Å². The molecule has 3 rings (SSSR count). The average molecular weight is 280 g/mol. The summed E-state index contributed by atoms with van der Waals surface area (Å²) in [5.74, 6) is -0.209. The molecular formula is C16H16N4O. The number of pyridine rings is 1. The molecule has 3 aromatic rings. The molecule has 1 aromatic carbocycles. The van der Waals surface area contributed by atoms with Gasteiger partial charge in [0.25, 0.3) is 5.91 Å². The lowest BCUT2D eigenvalue weighted by Gasteiger charge is -2.08. The number of carbonyl (C=O) groups excluding carboxylic acids is 1. The smallest absolute Gasteiger partial charge is 0.270 e. The van der Waals surface area contributed by atoms with Crippen LogP contribution in [-0.4, -0.2) is 22.0 Å². The summed E-state index contributed by atoms with van der Waals surface area (Å²) in [6.07, 6.45) is 3.91. The summed E-state index contributed by atoms with van der Waals surface area (Å²) in [5.41, 5.74) is 7.62. The Morgan fingerprint density at radius 2 is 1.95 bits per heavy atom. The minimum Gasteiger partial charge on any atom is -0.398 e. The van der Waals surface area contributed by atoms with E-state index in [-0.39, 0.29) is 5.91 Å². The molecule has 0 unspecified atom stereocenters. The fourth-order valence-electron chi connectivity index (χ4n) is 2.23. The topological polar surface area (TPSA) is 72.9 Å². The molecule has 0 aliphatic carbocycles. The van der Waals surface area contributed by atoms with Crippen molar-refractivity contribution in [1.29, 1.82) is 0 Å². The number of nitrogens with one attached hydrogen (secondary N) is 1. The van der Waals surface area contributed by atoms with E-state index in [1.807, 2.05) is 53.4 Å². The van der Waals surface area contributed by atoms with Crippen LogP contribution in [0.1, 0.15) is 10.5 Å². The standard InChI is InChI=1S/C16H16N4O/c17-13-11-15(19-14-6-2-1-5-12(13)14)16(21)18-7-10-20-8-3-4-9-20/h1-6,8-9,11H,7,10H2,(H2,17,19)(H,18,21). The maximum absolute atomic E-state index is 12.1. The normalized spacial score (nSPS) is 10.7. The van der Waals surface area contributed by atoms with Crippen LogP contribution in [0.25, 0.3) is 10.9 Å². The van der Waals surface area contributed by atoms with Gasteiger partial charge < -0.3 is 15.6 Å². The first-order valence-corrected chi connectivity index (χ1v) is 6.78. The second-order valence-corrected chi connectivity index (χ2v) is 4.79. The minimum atomic E-state index is -0.209. The van der Waals surface area contributed by atoms with E-state index in [0.29, 0.717) is 17.9 Å². The van der Waals surface area contributed by atoms with Crippen LogP contribution in [0.15, 0.2) is 54.9 Å². The van der Waals surface area contributed by atoms with E-state index in [1.165, 1.54) is 0 Å². The number of amides is 1. The summed E-state index contributed by atoms with van der Waals surface area (Å²) in [6.45, 7) is 1.27. The summed E-state index contributed by atoms with van der Waals surface area (Å²) in [6, 6.07) is 13.0. The SMILES string of the molecule is Nc1cc(C(=O)NCCn2cccc2)nc2ccccc12. The molecule has 106 valence electrons. The third-order valence-corrected chi connectivity index (χ3v) is 3.30. The van der Waals surface area contributed by atoms with Crippen LogP contribution in [0.4, 0.5) is 5.69 Å². The highest BCUT2D eigenvalue weighted by Crippen LogP contribution is 2.19. The van der Waals surface area contributed by atoms with Crippen LogP contribution in [-0.2, 0) is 6.54 Å². The number of para-hydroxylation sites is 1. The van der Waals surface area contributed by atoms with Gasteiger partial charge >= 0.3 is 0 Å². The van der Waals surface area contributed by atoms with Crippen LogP contribution in [0.5, 0.6) is 0 Å². The highest BCUT2D eigenvalue weighted by Gasteiger charge is 2.10. The average Bonchev–Trinajstić information content (AvgIpc) is 3.00. The Morgan fingerprint density at radius 3 is 2.76 bits per heavy atom. The first kappa shape index (κ1) is 13.2. The first-order chi connectivity index (χ1) is 10.2. The van der Waals surface area contributed by atoms with Gasteiger partial charge in [0.2, 0.25) is 0 Å². The molecule has 0 aliphatic rings. The summed E-state index contributed by atoms with van der Waals surface area (Å²) in [7, 11) is 0. The maximum atomic E-state index is 12.1. The van der Waals surface area contributed by atoms with E-state index in [0.717, 1.165) is 17.4 Å². The van der Waals surface area contributed by atoms with Crippen molar-refractivity contribution in [3.63, 3.8) is 0 Å². The molecule has 0 saturated heterocycles. The van der Waals surface area contributed by atoms with Crippen LogP contribution >= 0.6 is 0 Å². The van der Waals surface area contributed by atoms with Crippen molar-refractivity contribution >= 4 is 22.5 Å². The molecule has 5 nitrogen and oxygen atoms in total. The van der Waals surface area contributed by atoms with Gasteiger partial charge in [0.1, 0.15) is 5.69 Å². The number of aromatic nitrogens is 2. The number of anilines is 1. The number of fused-ring (bicyclic) bond motifs is 1. The Morgan fingerprint density at radius 1 is 1.19 bits per heavy atom. The predicted molar refractivity (Wildman–Crippen MR) is 82.9 cm³/mol. The van der Waals surface area contributed by atoms with Crippen LogP contribution < -0.4 is 11.1 Å². The van der Waals surface area contributed by atoms with Crippen molar-refractivity contribution < 1.29 is 4.79 Å². The first-order valence-electron chi connectivity index (χ1n) is 6.78. The molecule has 0 spiro atoms. The Bertz CT molecular complexity index is 765. The van der Waals surface area contributed by atoms with E-state index in [2.05, 4.69) is 10.3 Å². The number of nitrogen functional groups attached to an aromatic ring is 1. The van der Waals surface area contributed by atoms with Crippen molar-refractivity contribution in [1.82, 2.24) is 14.9 Å². The zero-order valence-corrected chi connectivity index (χ0v) is 11.5. The van der Waals surface area contributed by atoms with Crippen molar-refractivity contribution in [2.24, 2.45) is 0 Å². The summed E-state index contributed by atoms with van der Waals surface area (Å²) < 4.78 is 2.00. The number of carbonyl (C=O) groups is 1. The van der Waals surface area contributed by atoms with E-state index in [1.54, 1.807) is 6.07 Å². The van der Waals surface area contributed by atoms with Gasteiger partial charge in [0, 0.05) is 36.6 Å². The lowest BCUT2D eigenvalue weighted by atomic mass is 10.1. The molecule has 0 fully saturated rings. The van der Waals surface area contributed by atoms with Gasteiger partial charge in [0.15, 0.2) is 0 Å². The zero-order chi connectivity index (χ0) is 14.7. The Hall–Kier alpha value is -2.82. The molecular weight excluding hydrogens is 264 g/mol. The van der Waals surface area contributed by atoms with E-state index < -0.39 is 0 Å². The van der Waals surface area contributed by atoms with Gasteiger partial charge in [0.05, 0.1) is 5.52 Å². The largest absolute Gasteiger partial charge is 0.398 e. The van der Waals surface area contributed by atoms with Gasteiger partial charge in [-0.2, -0.15) is 0 Å². The number of rotatable bonds is 4. The molecule has 21 heavy (non-hydrogen) atoms. The van der Waals surface area contributed by atoms with Crippen LogP contribution in [0, 0.1) is 0 Å². The maximum Gasteiger partial charge on any atom is 0.270 e. The number of nitrogens with two attached hydrogens (primary N) is 1. The predicted octanol–water partition coefficient (Wildman–Crippen LogP) is 2.05. The van der Waals surface area contributed by atoms with E-state index >= 15 is 0 Å². The van der Waals surface area contributed by atoms with Crippen LogP contribution in [0.3, 0.4) is 0 Å². The van der Waals surface area contributed by atoms with Gasteiger partial charge in [-0.3, -0.25) is 4.79 Å². The molecule has 0 bridgehead atoms. The molecule has 0 aliphatic heterocycles. The van der Waals surface area contributed by atoms with Crippen molar-refractivity contribution in [2.75, 3.05) is 12.3 Å². The molecule has 5 heteroatoms. The molecule has 0 atom stereocenters. The molecule has 2 heterocycles. The Labute approximate surface area is 122 Å². The minimum absolute atomic E-state index is 0.209. The fraction of sp³-hybridized carbons (Fsp3) is 0.125. The van der Waals surface area contributed by atoms with Crippen LogP contribution in [0.2, 0.25) is 0 Å². The van der Waals surface area contributed by atoms with E-state index in [9.17, 15) is 4.79 Å². The quantitative estimate of drug-likeness (QED) is 0.768. The summed E-state index contributed by atoms with van der Waals surface area (Å²) in [5, 5.41) is 3.71. The second-order valence-electron chi connectivity index (χ2n) is 4.79. The summed E-state index contributed by atoms with van der Waals surface area (Å²) >= 11 is 0. The third-order valence-electron chi connectivity index (χ3n) is 3.30. The number of hydrogen-bond acceptors (Lipinski definition) is 3. The lowest BCUT2D eigenvalue weighted by Crippen LogP contribution is -2.27. The summed E-state index contributed by atoms with van der Waals surface area (Å²) in [4.78, 5) is 16.5. The number of benzene rings is 1. The van der Waals surface area contributed by atoms with Gasteiger partial charge in [-0.1, -0.05) is 18.2 Å². The highest BCUT2D eigenvalue weighted by molar-refractivity contribution is 5.99. The Kier molecular flexibility index (Phi) is 3.55. The Balaban J connectivity index is 1.72. The fourth-order valence-corrected chi connectivity index (χ4v) is 2.23. The number of nitrogens with zero attached hydrogens (tertiary/aromatic N) is 2.